The van der Waals surface area contributed by atoms with Crippen LogP contribution in [-0.4, -0.2) is 46.9 Å². The Labute approximate surface area is 97.8 Å². The Hall–Kier alpha value is -0.120. The molecule has 92 valence electrons. The Kier molecular flexibility index (Phi) is 2.54. The van der Waals surface area contributed by atoms with Crippen molar-refractivity contribution in [2.45, 2.75) is 62.7 Å². The van der Waals surface area contributed by atoms with Crippen LogP contribution in [0.2, 0.25) is 0 Å². The van der Waals surface area contributed by atoms with Gasteiger partial charge in [0.2, 0.25) is 0 Å². The lowest BCUT2D eigenvalue weighted by molar-refractivity contribution is -0.152. The maximum Gasteiger partial charge on any atom is 0.0872 e. The molecule has 1 saturated carbocycles. The second kappa shape index (κ2) is 3.69. The molecule has 0 radical (unpaired) electrons. The summed E-state index contributed by atoms with van der Waals surface area (Å²) in [4.78, 5) is 2.45. The Morgan fingerprint density at radius 3 is 2.56 bits per heavy atom. The SMILES string of the molecule is CC1(O)CN(C2CCOC3(CCCC3)C2)C1. The van der Waals surface area contributed by atoms with Crippen LogP contribution in [0.4, 0.5) is 0 Å². The molecule has 3 nitrogen and oxygen atoms in total. The number of aliphatic hydroxyl groups is 1. The van der Waals surface area contributed by atoms with E-state index in [1.165, 1.54) is 32.1 Å². The quantitative estimate of drug-likeness (QED) is 0.735. The number of ether oxygens (including phenoxy) is 1. The number of β-amino-alcohol motifs (C(OH)–C–C–N with tert-alkyl or cyclic N) is 1. The summed E-state index contributed by atoms with van der Waals surface area (Å²) in [5, 5.41) is 9.80. The van der Waals surface area contributed by atoms with Crippen LogP contribution in [0.5, 0.6) is 0 Å². The zero-order valence-electron chi connectivity index (χ0n) is 10.2. The summed E-state index contributed by atoms with van der Waals surface area (Å²) in [6.45, 7) is 4.57. The molecule has 3 fully saturated rings. The van der Waals surface area contributed by atoms with Crippen molar-refractivity contribution in [1.29, 1.82) is 0 Å². The number of nitrogens with zero attached hydrogens (tertiary/aromatic N) is 1. The molecule has 2 saturated heterocycles. The third-order valence-electron chi connectivity index (χ3n) is 4.59. The molecule has 0 aromatic carbocycles. The highest BCUT2D eigenvalue weighted by Crippen LogP contribution is 2.42. The summed E-state index contributed by atoms with van der Waals surface area (Å²) >= 11 is 0. The lowest BCUT2D eigenvalue weighted by Gasteiger charge is -2.52. The fourth-order valence-electron chi connectivity index (χ4n) is 3.77. The maximum atomic E-state index is 9.80. The minimum absolute atomic E-state index is 0.213. The van der Waals surface area contributed by atoms with E-state index in [2.05, 4.69) is 4.90 Å². The highest BCUT2D eigenvalue weighted by Gasteiger charge is 2.46. The zero-order valence-corrected chi connectivity index (χ0v) is 10.2. The van der Waals surface area contributed by atoms with Gasteiger partial charge in [0.1, 0.15) is 0 Å². The van der Waals surface area contributed by atoms with Crippen molar-refractivity contribution >= 4 is 0 Å². The molecule has 1 unspecified atom stereocenters. The molecule has 3 aliphatic rings. The van der Waals surface area contributed by atoms with E-state index in [0.717, 1.165) is 26.1 Å². The van der Waals surface area contributed by atoms with Crippen molar-refractivity contribution in [3.8, 4) is 0 Å². The molecule has 2 heterocycles. The van der Waals surface area contributed by atoms with E-state index in [9.17, 15) is 5.11 Å². The predicted octanol–water partition coefficient (Wildman–Crippen LogP) is 1.54. The molecule has 3 rings (SSSR count). The van der Waals surface area contributed by atoms with Gasteiger partial charge in [-0.05, 0) is 32.6 Å². The molecule has 1 aliphatic carbocycles. The highest BCUT2D eigenvalue weighted by atomic mass is 16.5. The summed E-state index contributed by atoms with van der Waals surface area (Å²) in [7, 11) is 0. The third-order valence-corrected chi connectivity index (χ3v) is 4.59. The molecular weight excluding hydrogens is 202 g/mol. The standard InChI is InChI=1S/C13H23NO2/c1-12(15)9-14(10-12)11-4-7-16-13(8-11)5-2-3-6-13/h11,15H,2-10H2,1H3. The summed E-state index contributed by atoms with van der Waals surface area (Å²) in [6.07, 6.45) is 7.54. The Bertz CT molecular complexity index is 263. The molecule has 1 atom stereocenters. The van der Waals surface area contributed by atoms with Gasteiger partial charge in [-0.3, -0.25) is 4.90 Å². The molecule has 1 spiro atoms. The fraction of sp³-hybridized carbons (Fsp3) is 1.00. The van der Waals surface area contributed by atoms with E-state index in [-0.39, 0.29) is 5.60 Å². The molecule has 0 amide bonds. The van der Waals surface area contributed by atoms with E-state index in [0.29, 0.717) is 6.04 Å². The van der Waals surface area contributed by atoms with Gasteiger partial charge < -0.3 is 9.84 Å². The van der Waals surface area contributed by atoms with Gasteiger partial charge in [0.05, 0.1) is 11.2 Å². The zero-order chi connectivity index (χ0) is 11.2. The second-order valence-electron chi connectivity index (χ2n) is 6.29. The first kappa shape index (κ1) is 11.0. The molecule has 0 aromatic heterocycles. The first-order valence-electron chi connectivity index (χ1n) is 6.69. The Morgan fingerprint density at radius 2 is 1.94 bits per heavy atom. The number of likely N-dealkylation sites (tertiary alicyclic amines) is 1. The van der Waals surface area contributed by atoms with E-state index >= 15 is 0 Å². The molecule has 0 aromatic rings. The molecule has 0 bridgehead atoms. The van der Waals surface area contributed by atoms with Crippen LogP contribution in [0, 0.1) is 0 Å². The van der Waals surface area contributed by atoms with Crippen LogP contribution in [0.3, 0.4) is 0 Å². The van der Waals surface area contributed by atoms with Gasteiger partial charge in [0.15, 0.2) is 0 Å². The summed E-state index contributed by atoms with van der Waals surface area (Å²) in [5.41, 5.74) is -0.217. The minimum Gasteiger partial charge on any atom is -0.388 e. The summed E-state index contributed by atoms with van der Waals surface area (Å²) in [5.74, 6) is 0. The Morgan fingerprint density at radius 1 is 1.25 bits per heavy atom. The molecule has 3 heteroatoms. The van der Waals surface area contributed by atoms with Crippen LogP contribution in [-0.2, 0) is 4.74 Å². The molecule has 16 heavy (non-hydrogen) atoms. The fourth-order valence-corrected chi connectivity index (χ4v) is 3.77. The van der Waals surface area contributed by atoms with E-state index in [1.54, 1.807) is 0 Å². The van der Waals surface area contributed by atoms with Gasteiger partial charge in [-0.2, -0.15) is 0 Å². The van der Waals surface area contributed by atoms with Crippen LogP contribution < -0.4 is 0 Å². The van der Waals surface area contributed by atoms with Gasteiger partial charge >= 0.3 is 0 Å². The normalized spacial score (nSPS) is 37.5. The van der Waals surface area contributed by atoms with E-state index in [1.807, 2.05) is 6.92 Å². The van der Waals surface area contributed by atoms with E-state index < -0.39 is 5.60 Å². The summed E-state index contributed by atoms with van der Waals surface area (Å²) in [6, 6.07) is 0.659. The average molecular weight is 225 g/mol. The minimum atomic E-state index is -0.429. The van der Waals surface area contributed by atoms with Gasteiger partial charge in [0, 0.05) is 25.7 Å². The van der Waals surface area contributed by atoms with E-state index in [4.69, 9.17) is 4.74 Å². The van der Waals surface area contributed by atoms with Gasteiger partial charge in [-0.1, -0.05) is 12.8 Å². The molecular formula is C13H23NO2. The van der Waals surface area contributed by atoms with Crippen molar-refractivity contribution in [2.24, 2.45) is 0 Å². The van der Waals surface area contributed by atoms with Gasteiger partial charge in [-0.25, -0.2) is 0 Å². The van der Waals surface area contributed by atoms with Crippen molar-refractivity contribution in [2.75, 3.05) is 19.7 Å². The topological polar surface area (TPSA) is 32.7 Å². The van der Waals surface area contributed by atoms with Crippen molar-refractivity contribution in [3.63, 3.8) is 0 Å². The predicted molar refractivity (Wildman–Crippen MR) is 62.4 cm³/mol. The first-order chi connectivity index (χ1) is 7.59. The second-order valence-corrected chi connectivity index (χ2v) is 6.29. The number of rotatable bonds is 1. The average Bonchev–Trinajstić information content (AvgIpc) is 2.63. The van der Waals surface area contributed by atoms with Crippen LogP contribution in [0.25, 0.3) is 0 Å². The van der Waals surface area contributed by atoms with Crippen molar-refractivity contribution < 1.29 is 9.84 Å². The van der Waals surface area contributed by atoms with Crippen molar-refractivity contribution in [3.05, 3.63) is 0 Å². The van der Waals surface area contributed by atoms with Gasteiger partial charge in [-0.15, -0.1) is 0 Å². The van der Waals surface area contributed by atoms with Crippen LogP contribution in [0.15, 0.2) is 0 Å². The first-order valence-corrected chi connectivity index (χ1v) is 6.69. The smallest absolute Gasteiger partial charge is 0.0872 e. The van der Waals surface area contributed by atoms with Gasteiger partial charge in [0.25, 0.3) is 0 Å². The lowest BCUT2D eigenvalue weighted by Crippen LogP contribution is -2.64. The molecule has 1 N–H and O–H groups in total. The third kappa shape index (κ3) is 1.89. The number of hydrogen-bond donors (Lipinski definition) is 1. The number of hydrogen-bond acceptors (Lipinski definition) is 3. The Balaban J connectivity index is 1.60. The lowest BCUT2D eigenvalue weighted by atomic mass is 9.84. The van der Waals surface area contributed by atoms with Crippen molar-refractivity contribution in [1.82, 2.24) is 4.90 Å². The monoisotopic (exact) mass is 225 g/mol. The van der Waals surface area contributed by atoms with Crippen LogP contribution >= 0.6 is 0 Å². The highest BCUT2D eigenvalue weighted by molar-refractivity contribution is 5.00. The maximum absolute atomic E-state index is 9.80. The molecule has 2 aliphatic heterocycles. The van der Waals surface area contributed by atoms with Crippen LogP contribution in [0.1, 0.15) is 45.4 Å². The largest absolute Gasteiger partial charge is 0.388 e. The summed E-state index contributed by atoms with van der Waals surface area (Å²) < 4.78 is 6.04.